The molecule has 3 aromatic rings. The summed E-state index contributed by atoms with van der Waals surface area (Å²) >= 11 is 0. The fourth-order valence-electron chi connectivity index (χ4n) is 6.31. The topological polar surface area (TPSA) is 27.7 Å². The maximum Gasteiger partial charge on any atom is 0.401 e. The Morgan fingerprint density at radius 2 is 1.60 bits per heavy atom. The second-order valence-corrected chi connectivity index (χ2v) is 11.3. The molecule has 1 spiro atoms. The highest BCUT2D eigenvalue weighted by molar-refractivity contribution is 5.52. The minimum atomic E-state index is -4.51. The van der Waals surface area contributed by atoms with Gasteiger partial charge >= 0.3 is 6.18 Å². The summed E-state index contributed by atoms with van der Waals surface area (Å²) in [5.74, 6) is -1.09. The highest BCUT2D eigenvalue weighted by Crippen LogP contribution is 2.42. The van der Waals surface area contributed by atoms with E-state index in [9.17, 15) is 13.2 Å². The zero-order valence-corrected chi connectivity index (χ0v) is 22.1. The quantitative estimate of drug-likeness (QED) is 0.363. The third kappa shape index (κ3) is 5.54. The Labute approximate surface area is 230 Å². The summed E-state index contributed by atoms with van der Waals surface area (Å²) < 4.78 is 78.2. The van der Waals surface area contributed by atoms with E-state index in [1.54, 1.807) is 18.2 Å². The summed E-state index contributed by atoms with van der Waals surface area (Å²) in [6.07, 6.45) is -2.32. The number of hydrogen-bond acceptors (Lipinski definition) is 4. The number of anilines is 1. The van der Waals surface area contributed by atoms with Gasteiger partial charge in [-0.3, -0.25) is 4.90 Å². The molecule has 0 aromatic heterocycles. The summed E-state index contributed by atoms with van der Waals surface area (Å²) in [4.78, 5) is 3.10. The third-order valence-corrected chi connectivity index (χ3v) is 8.60. The van der Waals surface area contributed by atoms with Crippen molar-refractivity contribution in [2.24, 2.45) is 5.41 Å². The monoisotopic (exact) mass is 557 g/mol. The first kappa shape index (κ1) is 27.0. The summed E-state index contributed by atoms with van der Waals surface area (Å²) in [7, 11) is 0. The van der Waals surface area contributed by atoms with Gasteiger partial charge in [0.05, 0.1) is 12.6 Å². The van der Waals surface area contributed by atoms with Crippen LogP contribution in [-0.2, 0) is 13.0 Å². The molecule has 3 aromatic carbocycles. The number of ether oxygens (including phenoxy) is 1. The van der Waals surface area contributed by atoms with Gasteiger partial charge in [-0.1, -0.05) is 36.4 Å². The summed E-state index contributed by atoms with van der Waals surface area (Å²) in [5.41, 5.74) is 2.54. The van der Waals surface area contributed by atoms with E-state index in [-0.39, 0.29) is 17.5 Å². The first-order valence-corrected chi connectivity index (χ1v) is 13.7. The molecule has 0 saturated carbocycles. The standard InChI is InChI=1S/C31H32F5N3O/c32-26-15-23(38-12-9-30(10-13-38)18-37-19-30)16-27(33)28(26)29-25-7-6-24(40-17-21-4-2-1-3-5-21)14-22(25)8-11-39(29)20-31(34,35)36/h1-7,14-16,29,37H,8-13,17-20H2. The number of rotatable bonds is 6. The van der Waals surface area contributed by atoms with E-state index in [2.05, 4.69) is 5.32 Å². The maximum absolute atomic E-state index is 15.8. The van der Waals surface area contributed by atoms with Crippen LogP contribution in [-0.4, -0.2) is 50.3 Å². The van der Waals surface area contributed by atoms with Crippen LogP contribution >= 0.6 is 0 Å². The normalized spacial score (nSPS) is 20.7. The van der Waals surface area contributed by atoms with Gasteiger partial charge in [-0.15, -0.1) is 0 Å². The predicted octanol–water partition coefficient (Wildman–Crippen LogP) is 6.24. The van der Waals surface area contributed by atoms with Crippen LogP contribution in [0.25, 0.3) is 0 Å². The molecule has 4 nitrogen and oxygen atoms in total. The molecule has 1 unspecified atom stereocenters. The van der Waals surface area contributed by atoms with E-state index in [1.807, 2.05) is 35.2 Å². The highest BCUT2D eigenvalue weighted by atomic mass is 19.4. The maximum atomic E-state index is 15.8. The van der Waals surface area contributed by atoms with Gasteiger partial charge in [-0.25, -0.2) is 8.78 Å². The lowest BCUT2D eigenvalue weighted by Crippen LogP contribution is -2.58. The van der Waals surface area contributed by atoms with E-state index >= 15 is 8.78 Å². The zero-order valence-electron chi connectivity index (χ0n) is 22.1. The number of hydrogen-bond donors (Lipinski definition) is 1. The number of halogens is 5. The molecule has 3 heterocycles. The van der Waals surface area contributed by atoms with E-state index in [1.165, 1.54) is 12.1 Å². The van der Waals surface area contributed by atoms with Crippen LogP contribution in [0.1, 0.15) is 41.1 Å². The van der Waals surface area contributed by atoms with Crippen LogP contribution in [0.15, 0.2) is 60.7 Å². The molecule has 9 heteroatoms. The average Bonchev–Trinajstić information content (AvgIpc) is 2.91. The smallest absolute Gasteiger partial charge is 0.401 e. The molecule has 0 bridgehead atoms. The Hall–Kier alpha value is -3.17. The Balaban J connectivity index is 1.29. The van der Waals surface area contributed by atoms with E-state index < -0.39 is 30.4 Å². The Kier molecular flexibility index (Phi) is 7.21. The van der Waals surface area contributed by atoms with Crippen molar-refractivity contribution in [1.82, 2.24) is 10.2 Å². The molecule has 0 aliphatic carbocycles. The van der Waals surface area contributed by atoms with Crippen LogP contribution in [0.3, 0.4) is 0 Å². The van der Waals surface area contributed by atoms with Gasteiger partial charge in [-0.05, 0) is 65.6 Å². The van der Waals surface area contributed by atoms with Crippen molar-refractivity contribution in [2.45, 2.75) is 38.1 Å². The average molecular weight is 558 g/mol. The van der Waals surface area contributed by atoms with Crippen molar-refractivity contribution in [3.63, 3.8) is 0 Å². The molecule has 3 aliphatic rings. The second kappa shape index (κ2) is 10.7. The molecule has 0 amide bonds. The summed E-state index contributed by atoms with van der Waals surface area (Å²) in [6.45, 7) is 2.42. The zero-order chi connectivity index (χ0) is 27.9. The van der Waals surface area contributed by atoms with E-state index in [4.69, 9.17) is 4.74 Å². The summed E-state index contributed by atoms with van der Waals surface area (Å²) in [6, 6.07) is 16.1. The van der Waals surface area contributed by atoms with Gasteiger partial charge < -0.3 is 15.0 Å². The van der Waals surface area contributed by atoms with Gasteiger partial charge in [0.15, 0.2) is 0 Å². The van der Waals surface area contributed by atoms with E-state index in [0.29, 0.717) is 43.1 Å². The molecule has 3 aliphatic heterocycles. The SMILES string of the molecule is Fc1cc(N2CCC3(CC2)CNC3)cc(F)c1C1c2ccc(OCc3ccccc3)cc2CCN1CC(F)(F)F. The highest BCUT2D eigenvalue weighted by Gasteiger charge is 2.41. The number of nitrogens with zero attached hydrogens (tertiary/aromatic N) is 2. The second-order valence-electron chi connectivity index (χ2n) is 11.3. The van der Waals surface area contributed by atoms with Gasteiger partial charge in [0.2, 0.25) is 0 Å². The lowest BCUT2D eigenvalue weighted by molar-refractivity contribution is -0.150. The fraction of sp³-hybridized carbons (Fsp3) is 0.419. The van der Waals surface area contributed by atoms with Gasteiger partial charge in [0, 0.05) is 44.0 Å². The number of nitrogens with one attached hydrogen (secondary N) is 1. The first-order valence-electron chi connectivity index (χ1n) is 13.7. The molecular weight excluding hydrogens is 525 g/mol. The number of fused-ring (bicyclic) bond motifs is 1. The number of piperidine rings is 1. The number of benzene rings is 3. The largest absolute Gasteiger partial charge is 0.489 e. The molecule has 2 fully saturated rings. The van der Waals surface area contributed by atoms with Crippen molar-refractivity contribution in [3.05, 3.63) is 94.6 Å². The Bertz CT molecular complexity index is 1330. The lowest BCUT2D eigenvalue weighted by Gasteiger charge is -2.49. The van der Waals surface area contributed by atoms with Crippen LogP contribution in [0, 0.1) is 17.0 Å². The van der Waals surface area contributed by atoms with Crippen molar-refractivity contribution in [1.29, 1.82) is 0 Å². The van der Waals surface area contributed by atoms with Crippen molar-refractivity contribution in [2.75, 3.05) is 44.2 Å². The summed E-state index contributed by atoms with van der Waals surface area (Å²) in [5, 5.41) is 3.30. The molecule has 6 rings (SSSR count). The van der Waals surface area contributed by atoms with E-state index in [0.717, 1.165) is 42.0 Å². The fourth-order valence-corrected chi connectivity index (χ4v) is 6.31. The Morgan fingerprint density at radius 1 is 0.900 bits per heavy atom. The third-order valence-electron chi connectivity index (χ3n) is 8.60. The van der Waals surface area contributed by atoms with Crippen molar-refractivity contribution >= 4 is 5.69 Å². The Morgan fingerprint density at radius 3 is 2.23 bits per heavy atom. The predicted molar refractivity (Wildman–Crippen MR) is 143 cm³/mol. The van der Waals surface area contributed by atoms with Crippen LogP contribution in [0.2, 0.25) is 0 Å². The van der Waals surface area contributed by atoms with Crippen LogP contribution in [0.4, 0.5) is 27.6 Å². The minimum Gasteiger partial charge on any atom is -0.489 e. The molecule has 0 radical (unpaired) electrons. The van der Waals surface area contributed by atoms with Gasteiger partial charge in [0.25, 0.3) is 0 Å². The molecule has 40 heavy (non-hydrogen) atoms. The molecular formula is C31H32F5N3O. The lowest BCUT2D eigenvalue weighted by atomic mass is 9.73. The molecule has 1 atom stereocenters. The molecule has 2 saturated heterocycles. The molecule has 212 valence electrons. The van der Waals surface area contributed by atoms with Crippen LogP contribution in [0.5, 0.6) is 5.75 Å². The van der Waals surface area contributed by atoms with Crippen LogP contribution < -0.4 is 15.0 Å². The molecule has 1 N–H and O–H groups in total. The van der Waals surface area contributed by atoms with Gasteiger partial charge in [-0.2, -0.15) is 13.2 Å². The van der Waals surface area contributed by atoms with Crippen molar-refractivity contribution < 1.29 is 26.7 Å². The number of alkyl halides is 3. The van der Waals surface area contributed by atoms with Crippen molar-refractivity contribution in [3.8, 4) is 5.75 Å². The van der Waals surface area contributed by atoms with Gasteiger partial charge in [0.1, 0.15) is 24.0 Å². The first-order chi connectivity index (χ1) is 19.2. The minimum absolute atomic E-state index is 0.0161.